The van der Waals surface area contributed by atoms with Gasteiger partial charge >= 0.3 is 0 Å². The first-order valence-electron chi connectivity index (χ1n) is 18.2. The van der Waals surface area contributed by atoms with Gasteiger partial charge in [-0.2, -0.15) is 0 Å². The summed E-state index contributed by atoms with van der Waals surface area (Å²) in [6.07, 6.45) is 1.97. The molecular formula is C50H30N4. The molecule has 0 aliphatic rings. The monoisotopic (exact) mass is 686 g/mol. The zero-order valence-corrected chi connectivity index (χ0v) is 29.1. The van der Waals surface area contributed by atoms with Gasteiger partial charge in [0.2, 0.25) is 0 Å². The lowest BCUT2D eigenvalue weighted by Crippen LogP contribution is -1.97. The third-order valence-electron chi connectivity index (χ3n) is 10.7. The summed E-state index contributed by atoms with van der Waals surface area (Å²) in [5.41, 5.74) is 10.3. The average Bonchev–Trinajstić information content (AvgIpc) is 3.24. The fourth-order valence-electron chi connectivity index (χ4n) is 8.02. The molecule has 11 aromatic rings. The SMILES string of the molecule is c1ccc2cc(-c3cc(-c4cccc5ccccc45)nc4c3ccc3c(-c5ccc6ccccc6n5)cc(-c5cccc6ccccc56)nc34)ncc2c1. The fourth-order valence-corrected chi connectivity index (χ4v) is 8.02. The Morgan fingerprint density at radius 3 is 1.44 bits per heavy atom. The number of benzene rings is 7. The molecule has 54 heavy (non-hydrogen) atoms. The van der Waals surface area contributed by atoms with Crippen LogP contribution in [0.1, 0.15) is 0 Å². The van der Waals surface area contributed by atoms with Crippen molar-refractivity contribution in [2.75, 3.05) is 0 Å². The van der Waals surface area contributed by atoms with Crippen LogP contribution in [0.3, 0.4) is 0 Å². The number of pyridine rings is 4. The minimum Gasteiger partial charge on any atom is -0.256 e. The predicted octanol–water partition coefficient (Wildman–Crippen LogP) is 12.9. The molecule has 4 nitrogen and oxygen atoms in total. The summed E-state index contributed by atoms with van der Waals surface area (Å²) >= 11 is 0. The van der Waals surface area contributed by atoms with Crippen LogP contribution in [-0.2, 0) is 0 Å². The van der Waals surface area contributed by atoms with Gasteiger partial charge < -0.3 is 0 Å². The molecule has 250 valence electrons. The largest absolute Gasteiger partial charge is 0.256 e. The fraction of sp³-hybridized carbons (Fsp3) is 0. The first-order valence-corrected chi connectivity index (χ1v) is 18.2. The van der Waals surface area contributed by atoms with Gasteiger partial charge in [0.05, 0.1) is 39.3 Å². The van der Waals surface area contributed by atoms with Gasteiger partial charge in [-0.05, 0) is 57.3 Å². The van der Waals surface area contributed by atoms with E-state index < -0.39 is 0 Å². The maximum absolute atomic E-state index is 5.54. The van der Waals surface area contributed by atoms with Crippen LogP contribution in [0.25, 0.3) is 110 Å². The Balaban J connectivity index is 1.28. The molecule has 0 atom stereocenters. The summed E-state index contributed by atoms with van der Waals surface area (Å²) in [4.78, 5) is 21.3. The summed E-state index contributed by atoms with van der Waals surface area (Å²) in [7, 11) is 0. The highest BCUT2D eigenvalue weighted by molar-refractivity contribution is 6.14. The molecular weight excluding hydrogens is 657 g/mol. The van der Waals surface area contributed by atoms with Crippen LogP contribution in [-0.4, -0.2) is 19.9 Å². The number of para-hydroxylation sites is 1. The lowest BCUT2D eigenvalue weighted by Gasteiger charge is -2.16. The van der Waals surface area contributed by atoms with Crippen molar-refractivity contribution in [2.45, 2.75) is 0 Å². The summed E-state index contributed by atoms with van der Waals surface area (Å²) in [5.74, 6) is 0. The van der Waals surface area contributed by atoms with Crippen LogP contribution in [0.5, 0.6) is 0 Å². The van der Waals surface area contributed by atoms with E-state index in [2.05, 4.69) is 170 Å². The van der Waals surface area contributed by atoms with E-state index in [1.165, 1.54) is 10.8 Å². The van der Waals surface area contributed by atoms with E-state index in [1.54, 1.807) is 0 Å². The van der Waals surface area contributed by atoms with Crippen molar-refractivity contribution in [1.82, 2.24) is 19.9 Å². The summed E-state index contributed by atoms with van der Waals surface area (Å²) in [5, 5.41) is 9.97. The molecule has 7 aromatic carbocycles. The van der Waals surface area contributed by atoms with E-state index in [9.17, 15) is 0 Å². The van der Waals surface area contributed by atoms with E-state index >= 15 is 0 Å². The number of rotatable bonds is 4. The number of hydrogen-bond acceptors (Lipinski definition) is 4. The Bertz CT molecular complexity index is 3060. The van der Waals surface area contributed by atoms with Crippen molar-refractivity contribution in [1.29, 1.82) is 0 Å². The summed E-state index contributed by atoms with van der Waals surface area (Å²) in [6.45, 7) is 0. The molecule has 0 saturated heterocycles. The molecule has 0 unspecified atom stereocenters. The van der Waals surface area contributed by atoms with E-state index in [0.717, 1.165) is 99.3 Å². The normalized spacial score (nSPS) is 11.7. The van der Waals surface area contributed by atoms with Crippen molar-refractivity contribution in [3.8, 4) is 45.0 Å². The molecule has 0 bridgehead atoms. The zero-order valence-electron chi connectivity index (χ0n) is 29.1. The smallest absolute Gasteiger partial charge is 0.0979 e. The van der Waals surface area contributed by atoms with E-state index in [0.29, 0.717) is 0 Å². The van der Waals surface area contributed by atoms with Gasteiger partial charge in [0.25, 0.3) is 0 Å². The van der Waals surface area contributed by atoms with Crippen LogP contribution in [0, 0.1) is 0 Å². The Kier molecular flexibility index (Phi) is 6.82. The number of hydrogen-bond donors (Lipinski definition) is 0. The van der Waals surface area contributed by atoms with Crippen LogP contribution in [0.15, 0.2) is 182 Å². The van der Waals surface area contributed by atoms with E-state index in [-0.39, 0.29) is 0 Å². The minimum atomic E-state index is 0.826. The van der Waals surface area contributed by atoms with Crippen LogP contribution in [0.4, 0.5) is 0 Å². The number of aromatic nitrogens is 4. The average molecular weight is 687 g/mol. The summed E-state index contributed by atoms with van der Waals surface area (Å²) < 4.78 is 0. The molecule has 4 aromatic heterocycles. The Labute approximate surface area is 311 Å². The highest BCUT2D eigenvalue weighted by Gasteiger charge is 2.20. The first kappa shape index (κ1) is 30.3. The maximum Gasteiger partial charge on any atom is 0.0979 e. The van der Waals surface area contributed by atoms with Crippen molar-refractivity contribution < 1.29 is 0 Å². The number of nitrogens with zero attached hydrogens (tertiary/aromatic N) is 4. The van der Waals surface area contributed by atoms with Crippen LogP contribution in [0.2, 0.25) is 0 Å². The van der Waals surface area contributed by atoms with Crippen molar-refractivity contribution in [3.05, 3.63) is 182 Å². The first-order chi connectivity index (χ1) is 26.7. The molecule has 0 saturated carbocycles. The van der Waals surface area contributed by atoms with Crippen molar-refractivity contribution in [2.24, 2.45) is 0 Å². The van der Waals surface area contributed by atoms with Gasteiger partial charge in [-0.1, -0.05) is 146 Å². The lowest BCUT2D eigenvalue weighted by molar-refractivity contribution is 1.34. The van der Waals surface area contributed by atoms with Crippen LogP contribution < -0.4 is 0 Å². The van der Waals surface area contributed by atoms with Gasteiger partial charge in [-0.25, -0.2) is 15.0 Å². The minimum absolute atomic E-state index is 0.826. The maximum atomic E-state index is 5.54. The highest BCUT2D eigenvalue weighted by Crippen LogP contribution is 2.41. The number of fused-ring (bicyclic) bond motifs is 7. The molecule has 0 amide bonds. The van der Waals surface area contributed by atoms with Crippen LogP contribution >= 0.6 is 0 Å². The topological polar surface area (TPSA) is 51.6 Å². The van der Waals surface area contributed by atoms with Gasteiger partial charge in [-0.3, -0.25) is 4.98 Å². The van der Waals surface area contributed by atoms with Gasteiger partial charge in [0.15, 0.2) is 0 Å². The zero-order chi connectivity index (χ0) is 35.6. The molecule has 4 heterocycles. The van der Waals surface area contributed by atoms with Crippen molar-refractivity contribution in [3.63, 3.8) is 0 Å². The third kappa shape index (κ3) is 4.92. The summed E-state index contributed by atoms with van der Waals surface area (Å²) in [6, 6.07) is 61.8. The Hall–Kier alpha value is -7.30. The molecule has 11 rings (SSSR count). The quantitative estimate of drug-likeness (QED) is 0.173. The molecule has 4 heteroatoms. The lowest BCUT2D eigenvalue weighted by atomic mass is 9.94. The molecule has 0 N–H and O–H groups in total. The molecule has 0 spiro atoms. The second-order valence-electron chi connectivity index (χ2n) is 13.8. The van der Waals surface area contributed by atoms with Gasteiger partial charge in [0, 0.05) is 50.0 Å². The Morgan fingerprint density at radius 2 is 0.796 bits per heavy atom. The molecule has 0 aliphatic carbocycles. The van der Waals surface area contributed by atoms with Crippen molar-refractivity contribution >= 4 is 65.0 Å². The predicted molar refractivity (Wildman–Crippen MR) is 224 cm³/mol. The third-order valence-corrected chi connectivity index (χ3v) is 10.7. The van der Waals surface area contributed by atoms with Gasteiger partial charge in [0.1, 0.15) is 0 Å². The highest BCUT2D eigenvalue weighted by atomic mass is 14.8. The van der Waals surface area contributed by atoms with E-state index in [1.807, 2.05) is 12.3 Å². The Morgan fingerprint density at radius 1 is 0.278 bits per heavy atom. The second kappa shape index (κ2) is 12.1. The molecule has 0 aliphatic heterocycles. The van der Waals surface area contributed by atoms with E-state index in [4.69, 9.17) is 19.9 Å². The molecule has 0 fully saturated rings. The second-order valence-corrected chi connectivity index (χ2v) is 13.8. The standard InChI is InChI=1S/C50H30N4/c1-2-15-35-30-51-46(27-34(35)14-1)43-29-48(39-21-10-17-32-12-4-7-19-37(32)39)54-50-41(43)25-24-40-42(45-26-23-33-13-5-8-22-44(33)52-45)28-47(53-49(40)50)38-20-9-16-31-11-3-6-18-36(31)38/h1-30H. The van der Waals surface area contributed by atoms with Gasteiger partial charge in [-0.15, -0.1) is 0 Å². The molecule has 0 radical (unpaired) electrons.